The number of nitrogens with zero attached hydrogens (tertiary/aromatic N) is 2. The van der Waals surface area contributed by atoms with Gasteiger partial charge in [-0.1, -0.05) is 25.5 Å². The number of unbranched alkanes of at least 4 members (excludes halogenated alkanes) is 1. The highest BCUT2D eigenvalue weighted by Crippen LogP contribution is 2.12. The largest absolute Gasteiger partial charge is 0.481 e. The standard InChI is InChI=1S/C17H20N2O3/c1-3-4-5-13-6-8-14(9-7-13)19-12(2)10-16(20)15(18-19)11-17(21)22/h6-10H,3-5,11H2,1-2H3,(H,21,22). The molecular weight excluding hydrogens is 280 g/mol. The van der Waals surface area contributed by atoms with Gasteiger partial charge in [0.2, 0.25) is 5.43 Å². The average Bonchev–Trinajstić information content (AvgIpc) is 2.48. The number of aliphatic carboxylic acids is 1. The summed E-state index contributed by atoms with van der Waals surface area (Å²) in [7, 11) is 0. The zero-order chi connectivity index (χ0) is 16.1. The Labute approximate surface area is 129 Å². The van der Waals surface area contributed by atoms with Gasteiger partial charge in [-0.3, -0.25) is 9.59 Å². The quantitative estimate of drug-likeness (QED) is 0.889. The molecule has 0 aliphatic rings. The molecule has 0 atom stereocenters. The average molecular weight is 300 g/mol. The van der Waals surface area contributed by atoms with Gasteiger partial charge in [0.05, 0.1) is 12.1 Å². The maximum absolute atomic E-state index is 11.8. The number of hydrogen-bond acceptors (Lipinski definition) is 3. The van der Waals surface area contributed by atoms with Crippen molar-refractivity contribution in [3.63, 3.8) is 0 Å². The van der Waals surface area contributed by atoms with Crippen LogP contribution in [0.2, 0.25) is 0 Å². The van der Waals surface area contributed by atoms with Crippen LogP contribution < -0.4 is 5.43 Å². The first kappa shape index (κ1) is 15.9. The Kier molecular flexibility index (Phi) is 5.09. The van der Waals surface area contributed by atoms with Crippen LogP contribution in [0.5, 0.6) is 0 Å². The highest BCUT2D eigenvalue weighted by atomic mass is 16.4. The Morgan fingerprint density at radius 2 is 1.95 bits per heavy atom. The minimum Gasteiger partial charge on any atom is -0.481 e. The molecule has 5 nitrogen and oxygen atoms in total. The summed E-state index contributed by atoms with van der Waals surface area (Å²) < 4.78 is 1.61. The summed E-state index contributed by atoms with van der Waals surface area (Å²) in [5.74, 6) is -1.06. The number of rotatable bonds is 6. The van der Waals surface area contributed by atoms with Gasteiger partial charge in [-0.05, 0) is 37.5 Å². The Morgan fingerprint density at radius 3 is 2.55 bits per heavy atom. The molecule has 0 saturated heterocycles. The van der Waals surface area contributed by atoms with E-state index in [2.05, 4.69) is 12.0 Å². The van der Waals surface area contributed by atoms with Crippen molar-refractivity contribution in [3.8, 4) is 5.69 Å². The van der Waals surface area contributed by atoms with E-state index >= 15 is 0 Å². The Morgan fingerprint density at radius 1 is 1.27 bits per heavy atom. The lowest BCUT2D eigenvalue weighted by molar-refractivity contribution is -0.136. The molecule has 5 heteroatoms. The van der Waals surface area contributed by atoms with E-state index in [9.17, 15) is 9.59 Å². The molecule has 0 spiro atoms. The molecule has 0 bridgehead atoms. The van der Waals surface area contributed by atoms with Crippen LogP contribution in [0.3, 0.4) is 0 Å². The van der Waals surface area contributed by atoms with Gasteiger partial charge in [-0.15, -0.1) is 0 Å². The van der Waals surface area contributed by atoms with E-state index in [4.69, 9.17) is 5.11 Å². The van der Waals surface area contributed by atoms with Crippen molar-refractivity contribution in [1.82, 2.24) is 9.78 Å². The lowest BCUT2D eigenvalue weighted by Gasteiger charge is -2.11. The van der Waals surface area contributed by atoms with Crippen LogP contribution in [0.25, 0.3) is 5.69 Å². The van der Waals surface area contributed by atoms with E-state index in [-0.39, 0.29) is 17.5 Å². The molecule has 0 aliphatic heterocycles. The predicted octanol–water partition coefficient (Wildman–Crippen LogP) is 2.51. The van der Waals surface area contributed by atoms with E-state index in [1.165, 1.54) is 11.6 Å². The van der Waals surface area contributed by atoms with Crippen LogP contribution in [0, 0.1) is 6.92 Å². The summed E-state index contributed by atoms with van der Waals surface area (Å²) in [6, 6.07) is 9.40. The normalized spacial score (nSPS) is 10.6. The van der Waals surface area contributed by atoms with Crippen LogP contribution in [0.15, 0.2) is 35.1 Å². The Balaban J connectivity index is 2.35. The van der Waals surface area contributed by atoms with Gasteiger partial charge < -0.3 is 5.11 Å². The van der Waals surface area contributed by atoms with Crippen LogP contribution >= 0.6 is 0 Å². The molecule has 2 rings (SSSR count). The first-order valence-electron chi connectivity index (χ1n) is 7.42. The summed E-state index contributed by atoms with van der Waals surface area (Å²) in [5, 5.41) is 13.1. The van der Waals surface area contributed by atoms with Gasteiger partial charge in [0.25, 0.3) is 0 Å². The van der Waals surface area contributed by atoms with Crippen molar-refractivity contribution in [2.75, 3.05) is 0 Å². The third kappa shape index (κ3) is 3.81. The highest BCUT2D eigenvalue weighted by Gasteiger charge is 2.10. The number of carboxylic acid groups (broad SMARTS) is 1. The first-order chi connectivity index (χ1) is 10.5. The molecule has 0 saturated carbocycles. The number of carbonyl (C=O) groups is 1. The van der Waals surface area contributed by atoms with Gasteiger partial charge in [-0.2, -0.15) is 5.10 Å². The number of carboxylic acids is 1. The van der Waals surface area contributed by atoms with Crippen molar-refractivity contribution in [1.29, 1.82) is 0 Å². The number of hydrogen-bond donors (Lipinski definition) is 1. The molecule has 22 heavy (non-hydrogen) atoms. The van der Waals surface area contributed by atoms with Crippen molar-refractivity contribution in [2.24, 2.45) is 0 Å². The van der Waals surface area contributed by atoms with Crippen LogP contribution in [-0.4, -0.2) is 20.9 Å². The second-order valence-corrected chi connectivity index (χ2v) is 5.35. The summed E-state index contributed by atoms with van der Waals surface area (Å²) in [5.41, 5.74) is 2.48. The molecule has 2 aromatic rings. The SMILES string of the molecule is CCCCc1ccc(-n2nc(CC(=O)O)c(=O)cc2C)cc1. The predicted molar refractivity (Wildman–Crippen MR) is 84.5 cm³/mol. The maximum Gasteiger partial charge on any atom is 0.309 e. The van der Waals surface area contributed by atoms with Crippen molar-refractivity contribution in [2.45, 2.75) is 39.5 Å². The van der Waals surface area contributed by atoms with Crippen molar-refractivity contribution >= 4 is 5.97 Å². The minimum absolute atomic E-state index is 0.0492. The summed E-state index contributed by atoms with van der Waals surface area (Å²) in [6.07, 6.45) is 2.98. The molecule has 0 fully saturated rings. The van der Waals surface area contributed by atoms with Crippen molar-refractivity contribution in [3.05, 3.63) is 57.5 Å². The number of aryl methyl sites for hydroxylation is 2. The topological polar surface area (TPSA) is 72.2 Å². The Bertz CT molecular complexity index is 718. The fourth-order valence-electron chi connectivity index (χ4n) is 2.29. The molecule has 1 aromatic carbocycles. The zero-order valence-electron chi connectivity index (χ0n) is 12.9. The summed E-state index contributed by atoms with van der Waals surface area (Å²) in [4.78, 5) is 22.6. The van der Waals surface area contributed by atoms with Gasteiger partial charge in [-0.25, -0.2) is 4.68 Å². The lowest BCUT2D eigenvalue weighted by atomic mass is 10.1. The van der Waals surface area contributed by atoms with Gasteiger partial charge in [0, 0.05) is 11.8 Å². The molecular formula is C17H20N2O3. The monoisotopic (exact) mass is 300 g/mol. The molecule has 0 aliphatic carbocycles. The molecule has 0 radical (unpaired) electrons. The number of aromatic nitrogens is 2. The maximum atomic E-state index is 11.8. The van der Waals surface area contributed by atoms with Crippen LogP contribution in [0.1, 0.15) is 36.7 Å². The fraction of sp³-hybridized carbons (Fsp3) is 0.353. The van der Waals surface area contributed by atoms with Crippen LogP contribution in [0.4, 0.5) is 0 Å². The molecule has 0 amide bonds. The molecule has 1 aromatic heterocycles. The van der Waals surface area contributed by atoms with Crippen molar-refractivity contribution < 1.29 is 9.90 Å². The van der Waals surface area contributed by atoms with E-state index in [1.807, 2.05) is 24.3 Å². The first-order valence-corrected chi connectivity index (χ1v) is 7.42. The van der Waals surface area contributed by atoms with Gasteiger partial charge in [0.15, 0.2) is 0 Å². The zero-order valence-corrected chi connectivity index (χ0v) is 12.9. The van der Waals surface area contributed by atoms with Gasteiger partial charge in [0.1, 0.15) is 5.69 Å². The third-order valence-electron chi connectivity index (χ3n) is 3.50. The smallest absolute Gasteiger partial charge is 0.309 e. The highest BCUT2D eigenvalue weighted by molar-refractivity contribution is 5.69. The fourth-order valence-corrected chi connectivity index (χ4v) is 2.29. The molecule has 0 unspecified atom stereocenters. The lowest BCUT2D eigenvalue weighted by Crippen LogP contribution is -2.21. The molecule has 1 N–H and O–H groups in total. The second kappa shape index (κ2) is 7.02. The van der Waals surface area contributed by atoms with Crippen LogP contribution in [-0.2, 0) is 17.6 Å². The van der Waals surface area contributed by atoms with E-state index in [1.54, 1.807) is 11.6 Å². The Hall–Kier alpha value is -2.43. The molecule has 116 valence electrons. The summed E-state index contributed by atoms with van der Waals surface area (Å²) in [6.45, 7) is 3.94. The van der Waals surface area contributed by atoms with Gasteiger partial charge >= 0.3 is 5.97 Å². The van der Waals surface area contributed by atoms with E-state index < -0.39 is 5.97 Å². The van der Waals surface area contributed by atoms with E-state index in [0.717, 1.165) is 24.9 Å². The summed E-state index contributed by atoms with van der Waals surface area (Å²) >= 11 is 0. The second-order valence-electron chi connectivity index (χ2n) is 5.35. The van der Waals surface area contributed by atoms with E-state index in [0.29, 0.717) is 5.69 Å². The number of benzene rings is 1. The third-order valence-corrected chi connectivity index (χ3v) is 3.50. The molecule has 1 heterocycles. The minimum atomic E-state index is -1.06.